The maximum Gasteiger partial charge on any atom is 0.159 e. The fraction of sp³-hybridized carbons (Fsp3) is 0.364. The molecule has 1 fully saturated rings. The van der Waals surface area contributed by atoms with Gasteiger partial charge in [-0.1, -0.05) is 0 Å². The summed E-state index contributed by atoms with van der Waals surface area (Å²) in [6.45, 7) is 4.61. The van der Waals surface area contributed by atoms with E-state index in [1.54, 1.807) is 12.1 Å². The Morgan fingerprint density at radius 2 is 1.90 bits per heavy atom. The highest BCUT2D eigenvalue weighted by atomic mass is 16.5. The zero-order chi connectivity index (χ0) is 20.4. The molecule has 2 aromatic carbocycles. The van der Waals surface area contributed by atoms with Crippen LogP contribution in [0.2, 0.25) is 0 Å². The Labute approximate surface area is 167 Å². The molecule has 0 saturated carbocycles. The summed E-state index contributed by atoms with van der Waals surface area (Å²) < 4.78 is 5.63. The summed E-state index contributed by atoms with van der Waals surface area (Å²) in [4.78, 5) is 5.33. The van der Waals surface area contributed by atoms with Crippen LogP contribution in [0.4, 0.5) is 0 Å². The molecule has 3 heterocycles. The molecule has 0 aliphatic carbocycles. The quantitative estimate of drug-likeness (QED) is 0.430. The second kappa shape index (κ2) is 6.47. The summed E-state index contributed by atoms with van der Waals surface area (Å²) in [5.74, 6) is 0.223. The van der Waals surface area contributed by atoms with Crippen molar-refractivity contribution in [2.75, 3.05) is 6.61 Å². The fourth-order valence-corrected chi connectivity index (χ4v) is 4.66. The summed E-state index contributed by atoms with van der Waals surface area (Å²) >= 11 is 0. The highest BCUT2D eigenvalue weighted by Gasteiger charge is 2.40. The van der Waals surface area contributed by atoms with Crippen LogP contribution in [-0.2, 0) is 11.3 Å². The van der Waals surface area contributed by atoms with E-state index in [0.717, 1.165) is 44.1 Å². The molecule has 0 amide bonds. The monoisotopic (exact) mass is 396 g/mol. The Morgan fingerprint density at radius 3 is 2.69 bits per heavy atom. The van der Waals surface area contributed by atoms with E-state index < -0.39 is 24.5 Å². The largest absolute Gasteiger partial charge is 0.508 e. The normalized spacial score (nSPS) is 27.0. The number of aromatic hydroxyl groups is 1. The maximum atomic E-state index is 10.4. The number of aromatic nitrogens is 1. The van der Waals surface area contributed by atoms with E-state index in [1.807, 2.05) is 23.2 Å². The van der Waals surface area contributed by atoms with Crippen LogP contribution in [0.1, 0.15) is 22.3 Å². The Kier molecular flexibility index (Phi) is 4.11. The second-order valence-electron chi connectivity index (χ2n) is 8.01. The van der Waals surface area contributed by atoms with Gasteiger partial charge in [-0.15, -0.1) is 0 Å². The molecule has 7 nitrogen and oxygen atoms in total. The van der Waals surface area contributed by atoms with E-state index in [0.29, 0.717) is 6.54 Å². The van der Waals surface area contributed by atoms with Gasteiger partial charge in [0.25, 0.3) is 0 Å². The Balaban J connectivity index is 1.62. The van der Waals surface area contributed by atoms with Crippen LogP contribution in [-0.4, -0.2) is 61.5 Å². The number of aryl methyl sites for hydroxylation is 2. The standard InChI is InChI=1S/C22H24N2O5/c1-10-15-8-24(22-21(28)20(27)17(26)9-29-22)6-5-13(15)11(2)19-18(10)14-7-12(25)3-4-16(14)23-19/h3-7,17,20-23,25-28H,8-9H2,1-2H3/t17-,20-,21+,22-/m1/s1. The first-order chi connectivity index (χ1) is 13.9. The van der Waals surface area contributed by atoms with Gasteiger partial charge in [0.15, 0.2) is 6.23 Å². The first-order valence-corrected chi connectivity index (χ1v) is 9.73. The van der Waals surface area contributed by atoms with Crippen LogP contribution >= 0.6 is 0 Å². The minimum atomic E-state index is -1.24. The van der Waals surface area contributed by atoms with E-state index in [1.165, 1.54) is 0 Å². The number of phenols is 1. The van der Waals surface area contributed by atoms with Crippen molar-refractivity contribution in [1.29, 1.82) is 0 Å². The smallest absolute Gasteiger partial charge is 0.159 e. The van der Waals surface area contributed by atoms with Crippen LogP contribution in [0, 0.1) is 13.8 Å². The van der Waals surface area contributed by atoms with Gasteiger partial charge in [0.05, 0.1) is 12.1 Å². The number of aliphatic hydroxyl groups is 3. The third-order valence-electron chi connectivity index (χ3n) is 6.29. The van der Waals surface area contributed by atoms with Gasteiger partial charge in [-0.2, -0.15) is 0 Å². The predicted octanol–water partition coefficient (Wildman–Crippen LogP) is 1.87. The molecule has 5 rings (SSSR count). The topological polar surface area (TPSA) is 109 Å². The molecule has 5 N–H and O–H groups in total. The van der Waals surface area contributed by atoms with E-state index in [9.17, 15) is 20.4 Å². The van der Waals surface area contributed by atoms with Crippen molar-refractivity contribution >= 4 is 27.9 Å². The summed E-state index contributed by atoms with van der Waals surface area (Å²) in [6.07, 6.45) is -0.416. The van der Waals surface area contributed by atoms with Crippen molar-refractivity contribution in [1.82, 2.24) is 9.88 Å². The fourth-order valence-electron chi connectivity index (χ4n) is 4.66. The number of nitrogens with zero attached hydrogens (tertiary/aromatic N) is 1. The molecule has 3 aromatic rings. The number of ether oxygens (including phenoxy) is 1. The minimum Gasteiger partial charge on any atom is -0.508 e. The molecule has 4 atom stereocenters. The lowest BCUT2D eigenvalue weighted by Gasteiger charge is -2.42. The third kappa shape index (κ3) is 2.66. The molecule has 1 saturated heterocycles. The van der Waals surface area contributed by atoms with Crippen LogP contribution < -0.4 is 0 Å². The van der Waals surface area contributed by atoms with Crippen molar-refractivity contribution in [3.63, 3.8) is 0 Å². The van der Waals surface area contributed by atoms with Gasteiger partial charge in [0.2, 0.25) is 0 Å². The lowest BCUT2D eigenvalue weighted by atomic mass is 9.90. The molecule has 1 aromatic heterocycles. The lowest BCUT2D eigenvalue weighted by Crippen LogP contribution is -2.57. The number of nitrogens with one attached hydrogen (secondary N) is 1. The number of benzene rings is 2. The average Bonchev–Trinajstić information content (AvgIpc) is 3.09. The molecule has 0 unspecified atom stereocenters. The molecule has 0 radical (unpaired) electrons. The van der Waals surface area contributed by atoms with Gasteiger partial charge >= 0.3 is 0 Å². The summed E-state index contributed by atoms with van der Waals surface area (Å²) in [7, 11) is 0. The summed E-state index contributed by atoms with van der Waals surface area (Å²) in [5.41, 5.74) is 6.46. The number of H-pyrrole nitrogens is 1. The van der Waals surface area contributed by atoms with Gasteiger partial charge in [0, 0.05) is 29.0 Å². The van der Waals surface area contributed by atoms with E-state index in [2.05, 4.69) is 18.8 Å². The molecule has 0 spiro atoms. The van der Waals surface area contributed by atoms with Gasteiger partial charge in [-0.05, 0) is 60.4 Å². The molecular formula is C22H24N2O5. The van der Waals surface area contributed by atoms with E-state index >= 15 is 0 Å². The van der Waals surface area contributed by atoms with Gasteiger partial charge in [-0.3, -0.25) is 0 Å². The van der Waals surface area contributed by atoms with Crippen molar-refractivity contribution < 1.29 is 25.2 Å². The number of hydrogen-bond acceptors (Lipinski definition) is 6. The summed E-state index contributed by atoms with van der Waals surface area (Å²) in [5, 5.41) is 42.2. The van der Waals surface area contributed by atoms with Gasteiger partial charge in [0.1, 0.15) is 24.1 Å². The average molecular weight is 396 g/mol. The Hall–Kier alpha value is -2.58. The van der Waals surface area contributed by atoms with Crippen LogP contribution in [0.5, 0.6) is 5.75 Å². The summed E-state index contributed by atoms with van der Waals surface area (Å²) in [6, 6.07) is 5.32. The van der Waals surface area contributed by atoms with E-state index in [-0.39, 0.29) is 12.4 Å². The number of fused-ring (bicyclic) bond motifs is 4. The van der Waals surface area contributed by atoms with Crippen molar-refractivity contribution in [3.05, 3.63) is 46.7 Å². The molecule has 29 heavy (non-hydrogen) atoms. The number of phenolic OH excluding ortho intramolecular Hbond substituents is 1. The highest BCUT2D eigenvalue weighted by molar-refractivity contribution is 6.11. The SMILES string of the molecule is Cc1c2c(c(C)c3c1[nH]c1ccc(O)cc13)CN([C@@H]1OC[C@@H](O)[C@@H](O)[C@@H]1O)C=C2. The van der Waals surface area contributed by atoms with Crippen molar-refractivity contribution in [2.24, 2.45) is 0 Å². The first-order valence-electron chi connectivity index (χ1n) is 9.73. The maximum absolute atomic E-state index is 10.4. The van der Waals surface area contributed by atoms with Crippen LogP contribution in [0.3, 0.4) is 0 Å². The zero-order valence-corrected chi connectivity index (χ0v) is 16.3. The lowest BCUT2D eigenvalue weighted by molar-refractivity contribution is -0.222. The number of rotatable bonds is 1. The molecule has 7 heteroatoms. The third-order valence-corrected chi connectivity index (χ3v) is 6.29. The number of hydrogen-bond donors (Lipinski definition) is 5. The van der Waals surface area contributed by atoms with Crippen molar-refractivity contribution in [2.45, 2.75) is 44.9 Å². The van der Waals surface area contributed by atoms with Gasteiger partial charge < -0.3 is 35.0 Å². The first kappa shape index (κ1) is 18.4. The van der Waals surface area contributed by atoms with Crippen LogP contribution in [0.25, 0.3) is 27.9 Å². The van der Waals surface area contributed by atoms with Crippen LogP contribution in [0.15, 0.2) is 24.4 Å². The second-order valence-corrected chi connectivity index (χ2v) is 8.01. The molecule has 2 aliphatic rings. The molecular weight excluding hydrogens is 372 g/mol. The minimum absolute atomic E-state index is 0.0289. The Morgan fingerprint density at radius 1 is 1.10 bits per heavy atom. The predicted molar refractivity (Wildman–Crippen MR) is 109 cm³/mol. The number of aromatic amines is 1. The zero-order valence-electron chi connectivity index (χ0n) is 16.3. The van der Waals surface area contributed by atoms with E-state index in [4.69, 9.17) is 4.74 Å². The Bertz CT molecular complexity index is 1150. The highest BCUT2D eigenvalue weighted by Crippen LogP contribution is 2.39. The number of aliphatic hydroxyl groups excluding tert-OH is 3. The molecule has 152 valence electrons. The molecule has 0 bridgehead atoms. The van der Waals surface area contributed by atoms with Crippen molar-refractivity contribution in [3.8, 4) is 5.75 Å². The molecule has 2 aliphatic heterocycles. The van der Waals surface area contributed by atoms with Gasteiger partial charge in [-0.25, -0.2) is 0 Å².